The summed E-state index contributed by atoms with van der Waals surface area (Å²) in [6, 6.07) is 9.69. The summed E-state index contributed by atoms with van der Waals surface area (Å²) in [6.07, 6.45) is 5.74. The summed E-state index contributed by atoms with van der Waals surface area (Å²) >= 11 is 0. The SMILES string of the molecule is CC1(N)CCCCC1C(=O)NC1CCN(CC(=O)Nc2ccccc2)CC1. The molecule has 2 aliphatic rings. The van der Waals surface area contributed by atoms with Gasteiger partial charge in [0.2, 0.25) is 11.8 Å². The maximum absolute atomic E-state index is 12.7. The first kappa shape index (κ1) is 19.8. The Morgan fingerprint density at radius 3 is 2.52 bits per heavy atom. The molecule has 1 saturated carbocycles. The number of carbonyl (C=O) groups excluding carboxylic acids is 2. The van der Waals surface area contributed by atoms with E-state index in [4.69, 9.17) is 5.73 Å². The van der Waals surface area contributed by atoms with Crippen LogP contribution in [0.2, 0.25) is 0 Å². The molecule has 1 aromatic carbocycles. The van der Waals surface area contributed by atoms with E-state index in [0.29, 0.717) is 6.54 Å². The zero-order valence-corrected chi connectivity index (χ0v) is 16.2. The number of amides is 2. The molecule has 1 saturated heterocycles. The largest absolute Gasteiger partial charge is 0.353 e. The molecule has 1 heterocycles. The summed E-state index contributed by atoms with van der Waals surface area (Å²) in [5, 5.41) is 6.13. The molecule has 3 rings (SSSR count). The van der Waals surface area contributed by atoms with Gasteiger partial charge in [0.15, 0.2) is 0 Å². The molecule has 0 spiro atoms. The third-order valence-electron chi connectivity index (χ3n) is 5.93. The van der Waals surface area contributed by atoms with E-state index < -0.39 is 5.54 Å². The molecule has 2 atom stereocenters. The van der Waals surface area contributed by atoms with E-state index in [1.807, 2.05) is 37.3 Å². The molecule has 27 heavy (non-hydrogen) atoms. The number of nitrogens with one attached hydrogen (secondary N) is 2. The average Bonchev–Trinajstić information content (AvgIpc) is 2.63. The van der Waals surface area contributed by atoms with Gasteiger partial charge in [0, 0.05) is 30.4 Å². The van der Waals surface area contributed by atoms with E-state index in [-0.39, 0.29) is 23.8 Å². The van der Waals surface area contributed by atoms with Crippen LogP contribution in [-0.2, 0) is 9.59 Å². The smallest absolute Gasteiger partial charge is 0.238 e. The minimum absolute atomic E-state index is 0.00443. The van der Waals surface area contributed by atoms with Crippen LogP contribution in [0.4, 0.5) is 5.69 Å². The number of benzene rings is 1. The second-order valence-electron chi connectivity index (χ2n) is 8.28. The van der Waals surface area contributed by atoms with E-state index in [1.165, 1.54) is 0 Å². The summed E-state index contributed by atoms with van der Waals surface area (Å²) in [5.41, 5.74) is 6.79. The summed E-state index contributed by atoms with van der Waals surface area (Å²) in [6.45, 7) is 4.03. The molecule has 0 aromatic heterocycles. The molecule has 6 nitrogen and oxygen atoms in total. The summed E-state index contributed by atoms with van der Waals surface area (Å²) in [5.74, 6) is 0.0330. The highest BCUT2D eigenvalue weighted by atomic mass is 16.2. The Balaban J connectivity index is 1.41. The fourth-order valence-electron chi connectivity index (χ4n) is 4.25. The summed E-state index contributed by atoms with van der Waals surface area (Å²) < 4.78 is 0. The average molecular weight is 373 g/mol. The molecule has 0 radical (unpaired) electrons. The highest BCUT2D eigenvalue weighted by molar-refractivity contribution is 5.92. The van der Waals surface area contributed by atoms with Gasteiger partial charge in [0.05, 0.1) is 12.5 Å². The van der Waals surface area contributed by atoms with Gasteiger partial charge in [-0.3, -0.25) is 14.5 Å². The third-order valence-corrected chi connectivity index (χ3v) is 5.93. The lowest BCUT2D eigenvalue weighted by Crippen LogP contribution is -2.55. The minimum Gasteiger partial charge on any atom is -0.353 e. The summed E-state index contributed by atoms with van der Waals surface area (Å²) in [4.78, 5) is 27.0. The van der Waals surface area contributed by atoms with E-state index >= 15 is 0 Å². The Bertz CT molecular complexity index is 639. The van der Waals surface area contributed by atoms with Crippen LogP contribution >= 0.6 is 0 Å². The number of nitrogens with two attached hydrogens (primary N) is 1. The van der Waals surface area contributed by atoms with Crippen molar-refractivity contribution in [3.8, 4) is 0 Å². The molecule has 4 N–H and O–H groups in total. The maximum Gasteiger partial charge on any atom is 0.238 e. The van der Waals surface area contributed by atoms with Gasteiger partial charge in [0.25, 0.3) is 0 Å². The Morgan fingerprint density at radius 2 is 1.85 bits per heavy atom. The number of para-hydroxylation sites is 1. The van der Waals surface area contributed by atoms with Crippen LogP contribution in [0.5, 0.6) is 0 Å². The first-order valence-corrected chi connectivity index (χ1v) is 10.1. The Hall–Kier alpha value is -1.92. The van der Waals surface area contributed by atoms with Gasteiger partial charge in [-0.25, -0.2) is 0 Å². The number of anilines is 1. The summed E-state index contributed by atoms with van der Waals surface area (Å²) in [7, 11) is 0. The van der Waals surface area contributed by atoms with Crippen LogP contribution in [0.15, 0.2) is 30.3 Å². The van der Waals surface area contributed by atoms with Crippen molar-refractivity contribution in [2.45, 2.75) is 57.0 Å². The predicted molar refractivity (Wildman–Crippen MR) is 107 cm³/mol. The van der Waals surface area contributed by atoms with Crippen LogP contribution < -0.4 is 16.4 Å². The molecule has 1 aliphatic carbocycles. The van der Waals surface area contributed by atoms with Gasteiger partial charge < -0.3 is 16.4 Å². The minimum atomic E-state index is -0.390. The lowest BCUT2D eigenvalue weighted by atomic mass is 9.74. The van der Waals surface area contributed by atoms with Gasteiger partial charge in [-0.2, -0.15) is 0 Å². The topological polar surface area (TPSA) is 87.5 Å². The molecule has 0 bridgehead atoms. The lowest BCUT2D eigenvalue weighted by Gasteiger charge is -2.39. The van der Waals surface area contributed by atoms with Gasteiger partial charge >= 0.3 is 0 Å². The Kier molecular flexibility index (Phi) is 6.50. The molecular formula is C21H32N4O2. The van der Waals surface area contributed by atoms with Gasteiger partial charge in [0.1, 0.15) is 0 Å². The van der Waals surface area contributed by atoms with Crippen molar-refractivity contribution in [3.05, 3.63) is 30.3 Å². The van der Waals surface area contributed by atoms with Crippen molar-refractivity contribution in [2.24, 2.45) is 11.7 Å². The van der Waals surface area contributed by atoms with Crippen molar-refractivity contribution >= 4 is 17.5 Å². The lowest BCUT2D eigenvalue weighted by molar-refractivity contribution is -0.129. The number of carbonyl (C=O) groups is 2. The standard InChI is InChI=1S/C21H32N4O2/c1-21(22)12-6-5-9-18(21)20(27)24-17-10-13-25(14-11-17)15-19(26)23-16-7-3-2-4-8-16/h2-4,7-8,17-18H,5-6,9-15,22H2,1H3,(H,23,26)(H,24,27). The van der Waals surface area contributed by atoms with Crippen molar-refractivity contribution in [3.63, 3.8) is 0 Å². The molecule has 2 unspecified atom stereocenters. The Morgan fingerprint density at radius 1 is 1.15 bits per heavy atom. The maximum atomic E-state index is 12.7. The van der Waals surface area contributed by atoms with E-state index in [1.54, 1.807) is 0 Å². The molecule has 148 valence electrons. The first-order valence-electron chi connectivity index (χ1n) is 10.1. The number of hydrogen-bond acceptors (Lipinski definition) is 4. The number of likely N-dealkylation sites (tertiary alicyclic amines) is 1. The monoisotopic (exact) mass is 372 g/mol. The highest BCUT2D eigenvalue weighted by Gasteiger charge is 2.38. The molecule has 1 aliphatic heterocycles. The number of hydrogen-bond donors (Lipinski definition) is 3. The molecule has 2 fully saturated rings. The van der Waals surface area contributed by atoms with Crippen molar-refractivity contribution in [1.82, 2.24) is 10.2 Å². The van der Waals surface area contributed by atoms with Gasteiger partial charge in [-0.15, -0.1) is 0 Å². The second kappa shape index (κ2) is 8.85. The van der Waals surface area contributed by atoms with E-state index in [2.05, 4.69) is 15.5 Å². The zero-order chi connectivity index (χ0) is 19.3. The number of nitrogens with zero attached hydrogens (tertiary/aromatic N) is 1. The van der Waals surface area contributed by atoms with Crippen LogP contribution in [0.25, 0.3) is 0 Å². The van der Waals surface area contributed by atoms with Crippen molar-refractivity contribution in [1.29, 1.82) is 0 Å². The van der Waals surface area contributed by atoms with Gasteiger partial charge in [-0.05, 0) is 44.7 Å². The quantitative estimate of drug-likeness (QED) is 0.739. The molecule has 1 aromatic rings. The van der Waals surface area contributed by atoms with Crippen LogP contribution in [-0.4, -0.2) is 47.9 Å². The fourth-order valence-corrected chi connectivity index (χ4v) is 4.25. The molecule has 2 amide bonds. The number of rotatable bonds is 5. The van der Waals surface area contributed by atoms with E-state index in [9.17, 15) is 9.59 Å². The number of piperidine rings is 1. The van der Waals surface area contributed by atoms with E-state index in [0.717, 1.165) is 57.3 Å². The van der Waals surface area contributed by atoms with Crippen molar-refractivity contribution in [2.75, 3.05) is 25.0 Å². The first-order chi connectivity index (χ1) is 12.9. The van der Waals surface area contributed by atoms with Crippen LogP contribution in [0.3, 0.4) is 0 Å². The molecular weight excluding hydrogens is 340 g/mol. The normalized spacial score (nSPS) is 27.1. The fraction of sp³-hybridized carbons (Fsp3) is 0.619. The Labute approximate surface area is 161 Å². The molecule has 6 heteroatoms. The van der Waals surface area contributed by atoms with Crippen LogP contribution in [0.1, 0.15) is 45.4 Å². The van der Waals surface area contributed by atoms with Crippen molar-refractivity contribution < 1.29 is 9.59 Å². The predicted octanol–water partition coefficient (Wildman–Crippen LogP) is 2.11. The van der Waals surface area contributed by atoms with Crippen LogP contribution in [0, 0.1) is 5.92 Å². The zero-order valence-electron chi connectivity index (χ0n) is 16.2. The van der Waals surface area contributed by atoms with Gasteiger partial charge in [-0.1, -0.05) is 31.0 Å². The third kappa shape index (κ3) is 5.53. The second-order valence-corrected chi connectivity index (χ2v) is 8.28. The highest BCUT2D eigenvalue weighted by Crippen LogP contribution is 2.32.